The van der Waals surface area contributed by atoms with Crippen LogP contribution in [0.25, 0.3) is 0 Å². The molecule has 0 aliphatic rings. The molecular weight excluding hydrogens is 320 g/mol. The van der Waals surface area contributed by atoms with Gasteiger partial charge in [-0.2, -0.15) is 5.10 Å². The Hall–Kier alpha value is -3.48. The highest BCUT2D eigenvalue weighted by Crippen LogP contribution is 2.11. The number of hydrogen-bond donors (Lipinski definition) is 2. The van der Waals surface area contributed by atoms with E-state index in [9.17, 15) is 9.59 Å². The normalized spacial score (nSPS) is 10.2. The molecule has 0 aliphatic heterocycles. The van der Waals surface area contributed by atoms with E-state index in [-0.39, 0.29) is 6.54 Å². The highest BCUT2D eigenvalue weighted by molar-refractivity contribution is 6.35. The van der Waals surface area contributed by atoms with Crippen molar-refractivity contribution in [2.75, 3.05) is 6.61 Å². The van der Waals surface area contributed by atoms with Gasteiger partial charge in [0.25, 0.3) is 0 Å². The van der Waals surface area contributed by atoms with Crippen molar-refractivity contribution in [3.05, 3.63) is 72.6 Å². The maximum absolute atomic E-state index is 11.7. The van der Waals surface area contributed by atoms with Crippen molar-refractivity contribution in [1.29, 1.82) is 0 Å². The Morgan fingerprint density at radius 3 is 2.88 bits per heavy atom. The van der Waals surface area contributed by atoms with Crippen LogP contribution >= 0.6 is 0 Å². The number of ether oxygens (including phenoxy) is 1. The van der Waals surface area contributed by atoms with Gasteiger partial charge in [0.05, 0.1) is 6.21 Å². The van der Waals surface area contributed by atoms with E-state index >= 15 is 0 Å². The average Bonchev–Trinajstić information content (AvgIpc) is 2.65. The van der Waals surface area contributed by atoms with Crippen LogP contribution in [0.15, 0.2) is 66.5 Å². The number of aromatic nitrogens is 1. The summed E-state index contributed by atoms with van der Waals surface area (Å²) in [6.07, 6.45) is 6.31. The summed E-state index contributed by atoms with van der Waals surface area (Å²) in [7, 11) is 0. The van der Waals surface area contributed by atoms with Crippen LogP contribution in [-0.4, -0.2) is 29.6 Å². The Morgan fingerprint density at radius 2 is 2.12 bits per heavy atom. The first-order valence-electron chi connectivity index (χ1n) is 7.53. The van der Waals surface area contributed by atoms with E-state index in [0.717, 1.165) is 11.1 Å². The smallest absolute Gasteiger partial charge is 0.329 e. The Morgan fingerprint density at radius 1 is 1.24 bits per heavy atom. The molecule has 2 aromatic rings. The van der Waals surface area contributed by atoms with Gasteiger partial charge < -0.3 is 10.1 Å². The minimum atomic E-state index is -0.848. The van der Waals surface area contributed by atoms with E-state index in [1.54, 1.807) is 54.9 Å². The molecule has 1 aromatic heterocycles. The predicted molar refractivity (Wildman–Crippen MR) is 94.0 cm³/mol. The van der Waals surface area contributed by atoms with Gasteiger partial charge in [0.1, 0.15) is 12.4 Å². The number of rotatable bonds is 7. The molecule has 0 fully saturated rings. The second-order valence-electron chi connectivity index (χ2n) is 4.92. The third kappa shape index (κ3) is 6.26. The molecule has 2 amide bonds. The van der Waals surface area contributed by atoms with Crippen molar-refractivity contribution >= 4 is 18.0 Å². The van der Waals surface area contributed by atoms with Gasteiger partial charge >= 0.3 is 11.8 Å². The number of nitrogens with one attached hydrogen (secondary N) is 2. The van der Waals surface area contributed by atoms with Crippen molar-refractivity contribution in [2.24, 2.45) is 5.10 Å². The molecule has 0 bridgehead atoms. The van der Waals surface area contributed by atoms with Gasteiger partial charge in [-0.3, -0.25) is 14.6 Å². The highest BCUT2D eigenvalue weighted by atomic mass is 16.5. The lowest BCUT2D eigenvalue weighted by atomic mass is 10.2. The van der Waals surface area contributed by atoms with Crippen LogP contribution in [-0.2, 0) is 16.1 Å². The number of pyridine rings is 1. The number of benzene rings is 1. The molecule has 128 valence electrons. The molecule has 25 heavy (non-hydrogen) atoms. The topological polar surface area (TPSA) is 92.7 Å². The predicted octanol–water partition coefficient (Wildman–Crippen LogP) is 1.41. The molecule has 0 radical (unpaired) electrons. The summed E-state index contributed by atoms with van der Waals surface area (Å²) in [5, 5.41) is 6.25. The van der Waals surface area contributed by atoms with Gasteiger partial charge in [0.15, 0.2) is 0 Å². The molecule has 0 saturated carbocycles. The van der Waals surface area contributed by atoms with Crippen molar-refractivity contribution in [3.8, 4) is 5.75 Å². The zero-order valence-electron chi connectivity index (χ0n) is 13.5. The summed E-state index contributed by atoms with van der Waals surface area (Å²) in [6.45, 7) is 4.19. The average molecular weight is 338 g/mol. The van der Waals surface area contributed by atoms with Gasteiger partial charge in [-0.05, 0) is 29.3 Å². The monoisotopic (exact) mass is 338 g/mol. The zero-order chi connectivity index (χ0) is 17.9. The quantitative estimate of drug-likeness (QED) is 0.345. The first-order valence-corrected chi connectivity index (χ1v) is 7.53. The van der Waals surface area contributed by atoms with E-state index in [2.05, 4.69) is 27.4 Å². The van der Waals surface area contributed by atoms with Crippen molar-refractivity contribution in [3.63, 3.8) is 0 Å². The minimum absolute atomic E-state index is 0.215. The maximum atomic E-state index is 11.7. The van der Waals surface area contributed by atoms with Crippen molar-refractivity contribution in [2.45, 2.75) is 6.54 Å². The molecule has 2 N–H and O–H groups in total. The van der Waals surface area contributed by atoms with E-state index in [0.29, 0.717) is 12.4 Å². The summed E-state index contributed by atoms with van der Waals surface area (Å²) >= 11 is 0. The summed E-state index contributed by atoms with van der Waals surface area (Å²) in [4.78, 5) is 27.3. The number of hydrogen-bond acceptors (Lipinski definition) is 5. The number of carbonyl (C=O) groups excluding carboxylic acids is 2. The first-order chi connectivity index (χ1) is 12.2. The van der Waals surface area contributed by atoms with Crippen molar-refractivity contribution in [1.82, 2.24) is 15.7 Å². The lowest BCUT2D eigenvalue weighted by Gasteiger charge is -2.04. The van der Waals surface area contributed by atoms with E-state index in [1.165, 1.54) is 6.21 Å². The third-order valence-electron chi connectivity index (χ3n) is 2.99. The van der Waals surface area contributed by atoms with Gasteiger partial charge in [0.2, 0.25) is 0 Å². The Kier molecular flexibility index (Phi) is 6.87. The third-order valence-corrected chi connectivity index (χ3v) is 2.99. The number of hydrazone groups is 1. The molecule has 1 heterocycles. The maximum Gasteiger partial charge on any atom is 0.329 e. The number of nitrogens with zero attached hydrogens (tertiary/aromatic N) is 2. The molecule has 0 spiro atoms. The van der Waals surface area contributed by atoms with Crippen LogP contribution in [0.5, 0.6) is 5.75 Å². The molecule has 0 atom stereocenters. The summed E-state index contributed by atoms with van der Waals surface area (Å²) in [5.41, 5.74) is 3.69. The SMILES string of the molecule is C=CCOc1cccc(C=NNC(=O)C(=O)NCc2cccnc2)c1. The van der Waals surface area contributed by atoms with Gasteiger partial charge in [-0.15, -0.1) is 0 Å². The Bertz CT molecular complexity index is 760. The molecule has 1 aromatic carbocycles. The summed E-state index contributed by atoms with van der Waals surface area (Å²) in [6, 6.07) is 10.7. The van der Waals surface area contributed by atoms with E-state index < -0.39 is 11.8 Å². The highest BCUT2D eigenvalue weighted by Gasteiger charge is 2.11. The second kappa shape index (κ2) is 9.61. The zero-order valence-corrected chi connectivity index (χ0v) is 13.5. The molecule has 0 unspecified atom stereocenters. The van der Waals surface area contributed by atoms with E-state index in [4.69, 9.17) is 4.74 Å². The van der Waals surface area contributed by atoms with Crippen LogP contribution in [0.3, 0.4) is 0 Å². The summed E-state index contributed by atoms with van der Waals surface area (Å²) < 4.78 is 5.40. The standard InChI is InChI=1S/C18H18N4O3/c1-2-9-25-16-7-3-5-14(10-16)13-21-22-18(24)17(23)20-12-15-6-4-8-19-11-15/h2-8,10-11,13H,1,9,12H2,(H,20,23)(H,22,24). The van der Waals surface area contributed by atoms with Gasteiger partial charge in [-0.1, -0.05) is 30.9 Å². The number of carbonyl (C=O) groups is 2. The number of amides is 2. The fourth-order valence-corrected chi connectivity index (χ4v) is 1.82. The van der Waals surface area contributed by atoms with E-state index in [1.807, 2.05) is 0 Å². The molecule has 7 nitrogen and oxygen atoms in total. The molecule has 0 saturated heterocycles. The minimum Gasteiger partial charge on any atom is -0.490 e. The molecule has 2 rings (SSSR count). The van der Waals surface area contributed by atoms with Crippen molar-refractivity contribution < 1.29 is 14.3 Å². The lowest BCUT2D eigenvalue weighted by Crippen LogP contribution is -2.37. The first kappa shape index (κ1) is 17.9. The molecule has 7 heteroatoms. The van der Waals surface area contributed by atoms with Crippen LogP contribution in [0, 0.1) is 0 Å². The van der Waals surface area contributed by atoms with Gasteiger partial charge in [-0.25, -0.2) is 5.43 Å². The molecular formula is C18H18N4O3. The largest absolute Gasteiger partial charge is 0.490 e. The van der Waals surface area contributed by atoms with Crippen LogP contribution in [0.1, 0.15) is 11.1 Å². The molecule has 0 aliphatic carbocycles. The lowest BCUT2D eigenvalue weighted by molar-refractivity contribution is -0.139. The van der Waals surface area contributed by atoms with Gasteiger partial charge in [0, 0.05) is 18.9 Å². The fourth-order valence-electron chi connectivity index (χ4n) is 1.82. The fraction of sp³-hybridized carbons (Fsp3) is 0.111. The summed E-state index contributed by atoms with van der Waals surface area (Å²) in [5.74, 6) is -0.965. The van der Waals surface area contributed by atoms with Crippen LogP contribution in [0.2, 0.25) is 0 Å². The Balaban J connectivity index is 1.81. The van der Waals surface area contributed by atoms with Crippen LogP contribution in [0.4, 0.5) is 0 Å². The Labute approximate surface area is 145 Å². The second-order valence-corrected chi connectivity index (χ2v) is 4.92. The van der Waals surface area contributed by atoms with Crippen LogP contribution < -0.4 is 15.5 Å².